The molecule has 72 valence electrons. The average Bonchev–Trinajstić information content (AvgIpc) is 2.12. The fourth-order valence-electron chi connectivity index (χ4n) is 0.730. The number of thioether (sulfide) groups is 1. The second-order valence-corrected chi connectivity index (χ2v) is 3.33. The van der Waals surface area contributed by atoms with Crippen LogP contribution in [0.1, 0.15) is 0 Å². The van der Waals surface area contributed by atoms with Gasteiger partial charge in [0.25, 0.3) is 0 Å². The third kappa shape index (κ3) is 3.06. The Morgan fingerprint density at radius 2 is 2.46 bits per heavy atom. The Morgan fingerprint density at radius 3 is 3.08 bits per heavy atom. The van der Waals surface area contributed by atoms with Crippen molar-refractivity contribution in [2.45, 2.75) is 0 Å². The Kier molecular flexibility index (Phi) is 3.75. The van der Waals surface area contributed by atoms with Crippen LogP contribution in [0.2, 0.25) is 0 Å². The lowest BCUT2D eigenvalue weighted by molar-refractivity contribution is 0.620. The Labute approximate surface area is 80.1 Å². The Balaban J connectivity index is 2.53. The molecule has 0 aliphatic heterocycles. The number of anilines is 2. The molecule has 0 saturated heterocycles. The molecule has 0 saturated carbocycles. The van der Waals surface area contributed by atoms with Crippen LogP contribution in [0.15, 0.2) is 6.20 Å². The normalized spacial score (nSPS) is 10.0. The van der Waals surface area contributed by atoms with Crippen molar-refractivity contribution >= 4 is 23.5 Å². The van der Waals surface area contributed by atoms with Gasteiger partial charge >= 0.3 is 0 Å². The minimum atomic E-state index is -0.588. The molecule has 1 aromatic heterocycles. The van der Waals surface area contributed by atoms with E-state index in [2.05, 4.69) is 15.3 Å². The van der Waals surface area contributed by atoms with E-state index in [1.54, 1.807) is 11.8 Å². The summed E-state index contributed by atoms with van der Waals surface area (Å²) in [6.07, 6.45) is 3.06. The van der Waals surface area contributed by atoms with E-state index in [1.165, 1.54) is 0 Å². The van der Waals surface area contributed by atoms with Gasteiger partial charge in [0.05, 0.1) is 6.20 Å². The molecule has 0 fully saturated rings. The van der Waals surface area contributed by atoms with Crippen molar-refractivity contribution in [3.8, 4) is 0 Å². The van der Waals surface area contributed by atoms with Gasteiger partial charge in [-0.3, -0.25) is 0 Å². The topological polar surface area (TPSA) is 63.8 Å². The highest BCUT2D eigenvalue weighted by Crippen LogP contribution is 2.07. The predicted molar refractivity (Wildman–Crippen MR) is 53.3 cm³/mol. The van der Waals surface area contributed by atoms with E-state index >= 15 is 0 Å². The molecular weight excluding hydrogens is 191 g/mol. The number of nitrogen functional groups attached to an aromatic ring is 1. The van der Waals surface area contributed by atoms with Crippen LogP contribution in [0, 0.1) is 5.82 Å². The third-order valence-corrected chi connectivity index (χ3v) is 1.97. The Bertz CT molecular complexity index is 281. The number of nitrogens with two attached hydrogens (primary N) is 1. The maximum Gasteiger partial charge on any atom is 0.224 e. The Hall–Kier alpha value is -1.04. The summed E-state index contributed by atoms with van der Waals surface area (Å²) >= 11 is 1.70. The van der Waals surface area contributed by atoms with Crippen LogP contribution in [0.3, 0.4) is 0 Å². The molecule has 4 nitrogen and oxygen atoms in total. The molecule has 0 amide bonds. The van der Waals surface area contributed by atoms with Gasteiger partial charge in [-0.1, -0.05) is 0 Å². The number of hydrogen-bond acceptors (Lipinski definition) is 5. The van der Waals surface area contributed by atoms with Crippen molar-refractivity contribution in [2.75, 3.05) is 29.6 Å². The number of halogens is 1. The molecule has 6 heteroatoms. The highest BCUT2D eigenvalue weighted by Gasteiger charge is 2.01. The summed E-state index contributed by atoms with van der Waals surface area (Å²) in [6, 6.07) is 0. The van der Waals surface area contributed by atoms with E-state index in [9.17, 15) is 4.39 Å². The Morgan fingerprint density at radius 1 is 1.69 bits per heavy atom. The molecule has 0 aliphatic rings. The number of nitrogens with zero attached hydrogens (tertiary/aromatic N) is 2. The molecule has 0 unspecified atom stereocenters. The summed E-state index contributed by atoms with van der Waals surface area (Å²) in [7, 11) is 0. The van der Waals surface area contributed by atoms with Crippen molar-refractivity contribution in [3.05, 3.63) is 12.0 Å². The van der Waals surface area contributed by atoms with Crippen molar-refractivity contribution < 1.29 is 4.39 Å². The SMILES string of the molecule is CSCCNc1ncc(F)c(N)n1. The van der Waals surface area contributed by atoms with Gasteiger partial charge in [-0.2, -0.15) is 16.7 Å². The van der Waals surface area contributed by atoms with Gasteiger partial charge in [-0.05, 0) is 6.26 Å². The van der Waals surface area contributed by atoms with Gasteiger partial charge in [-0.15, -0.1) is 0 Å². The van der Waals surface area contributed by atoms with Gasteiger partial charge in [-0.25, -0.2) is 9.37 Å². The lowest BCUT2D eigenvalue weighted by Gasteiger charge is -2.03. The first-order valence-corrected chi connectivity index (χ1v) is 5.14. The average molecular weight is 202 g/mol. The molecule has 0 bridgehead atoms. The van der Waals surface area contributed by atoms with E-state index in [-0.39, 0.29) is 5.82 Å². The van der Waals surface area contributed by atoms with Gasteiger partial charge in [0.15, 0.2) is 11.6 Å². The minimum absolute atomic E-state index is 0.123. The number of aromatic nitrogens is 2. The molecule has 0 aliphatic carbocycles. The highest BCUT2D eigenvalue weighted by atomic mass is 32.2. The zero-order chi connectivity index (χ0) is 9.68. The van der Waals surface area contributed by atoms with Crippen LogP contribution in [-0.2, 0) is 0 Å². The molecule has 0 spiro atoms. The quantitative estimate of drug-likeness (QED) is 0.712. The van der Waals surface area contributed by atoms with Crippen molar-refractivity contribution in [1.29, 1.82) is 0 Å². The third-order valence-electron chi connectivity index (χ3n) is 1.36. The molecule has 0 aromatic carbocycles. The monoisotopic (exact) mass is 202 g/mol. The van der Waals surface area contributed by atoms with Crippen molar-refractivity contribution in [2.24, 2.45) is 0 Å². The fourth-order valence-corrected chi connectivity index (χ4v) is 1.04. The summed E-state index contributed by atoms with van der Waals surface area (Å²) in [6.45, 7) is 0.742. The van der Waals surface area contributed by atoms with E-state index in [1.807, 2.05) is 6.26 Å². The van der Waals surface area contributed by atoms with Crippen LogP contribution >= 0.6 is 11.8 Å². The van der Waals surface area contributed by atoms with E-state index in [0.29, 0.717) is 5.95 Å². The van der Waals surface area contributed by atoms with Gasteiger partial charge < -0.3 is 11.1 Å². The standard InChI is InChI=1S/C7H11FN4S/c1-13-3-2-10-7-11-4-5(8)6(9)12-7/h4H,2-3H2,1H3,(H3,9,10,11,12). The van der Waals surface area contributed by atoms with Gasteiger partial charge in [0.2, 0.25) is 5.95 Å². The lowest BCUT2D eigenvalue weighted by Crippen LogP contribution is -2.09. The fraction of sp³-hybridized carbons (Fsp3) is 0.429. The zero-order valence-corrected chi connectivity index (χ0v) is 8.07. The summed E-state index contributed by atoms with van der Waals surface area (Å²) < 4.78 is 12.6. The maximum atomic E-state index is 12.6. The molecule has 0 radical (unpaired) electrons. The maximum absolute atomic E-state index is 12.6. The highest BCUT2D eigenvalue weighted by molar-refractivity contribution is 7.98. The van der Waals surface area contributed by atoms with Gasteiger partial charge in [0, 0.05) is 12.3 Å². The first-order chi connectivity index (χ1) is 6.24. The van der Waals surface area contributed by atoms with E-state index in [4.69, 9.17) is 5.73 Å². The second kappa shape index (κ2) is 4.86. The molecule has 1 heterocycles. The smallest absolute Gasteiger partial charge is 0.224 e. The molecule has 3 N–H and O–H groups in total. The first-order valence-electron chi connectivity index (χ1n) is 3.75. The van der Waals surface area contributed by atoms with E-state index < -0.39 is 5.82 Å². The minimum Gasteiger partial charge on any atom is -0.381 e. The van der Waals surface area contributed by atoms with E-state index in [0.717, 1.165) is 18.5 Å². The van der Waals surface area contributed by atoms with Crippen molar-refractivity contribution in [1.82, 2.24) is 9.97 Å². The molecule has 0 atom stereocenters. The van der Waals surface area contributed by atoms with Crippen LogP contribution in [0.5, 0.6) is 0 Å². The predicted octanol–water partition coefficient (Wildman–Crippen LogP) is 0.973. The molecule has 1 aromatic rings. The van der Waals surface area contributed by atoms with Crippen LogP contribution in [-0.4, -0.2) is 28.5 Å². The lowest BCUT2D eigenvalue weighted by atomic mass is 10.5. The summed E-state index contributed by atoms with van der Waals surface area (Å²) in [5.41, 5.74) is 5.25. The largest absolute Gasteiger partial charge is 0.381 e. The van der Waals surface area contributed by atoms with Crippen molar-refractivity contribution in [3.63, 3.8) is 0 Å². The summed E-state index contributed by atoms with van der Waals surface area (Å²) in [4.78, 5) is 7.44. The first kappa shape index (κ1) is 10.0. The van der Waals surface area contributed by atoms with Gasteiger partial charge in [0.1, 0.15) is 0 Å². The number of rotatable bonds is 4. The number of hydrogen-bond donors (Lipinski definition) is 2. The zero-order valence-electron chi connectivity index (χ0n) is 7.25. The van der Waals surface area contributed by atoms with Crippen LogP contribution in [0.25, 0.3) is 0 Å². The molecular formula is C7H11FN4S. The summed E-state index contributed by atoms with van der Waals surface area (Å²) in [5, 5.41) is 2.92. The molecule has 1 rings (SSSR count). The number of nitrogens with one attached hydrogen (secondary N) is 1. The second-order valence-electron chi connectivity index (χ2n) is 2.35. The van der Waals surface area contributed by atoms with Crippen LogP contribution < -0.4 is 11.1 Å². The van der Waals surface area contributed by atoms with Crippen LogP contribution in [0.4, 0.5) is 16.2 Å². The summed E-state index contributed by atoms with van der Waals surface area (Å²) in [5.74, 6) is 0.603. The molecule has 13 heavy (non-hydrogen) atoms.